The molecule has 2 heterocycles. The van der Waals surface area contributed by atoms with Crippen LogP contribution in [0.4, 0.5) is 0 Å². The van der Waals surface area contributed by atoms with E-state index in [4.69, 9.17) is 34.8 Å². The molecule has 0 saturated carbocycles. The minimum absolute atomic E-state index is 0.404. The molecule has 0 unspecified atom stereocenters. The van der Waals surface area contributed by atoms with Gasteiger partial charge in [0.1, 0.15) is 10.8 Å². The van der Waals surface area contributed by atoms with Gasteiger partial charge in [-0.25, -0.2) is 15.0 Å². The van der Waals surface area contributed by atoms with Crippen LogP contribution in [0.15, 0.2) is 12.3 Å². The molecule has 3 nitrogen and oxygen atoms in total. The fourth-order valence-electron chi connectivity index (χ4n) is 1.38. The number of rotatable bonds is 2. The molecule has 7 heteroatoms. The molecule has 0 aromatic carbocycles. The van der Waals surface area contributed by atoms with Crippen molar-refractivity contribution in [3.63, 3.8) is 0 Å². The average Bonchev–Trinajstić information content (AvgIpc) is 2.32. The maximum Gasteiger partial charge on any atom is 0.181 e. The number of hydrogen-bond donors (Lipinski definition) is 0. The molecule has 2 aromatic heterocycles. The van der Waals surface area contributed by atoms with Crippen molar-refractivity contribution in [1.29, 1.82) is 0 Å². The summed E-state index contributed by atoms with van der Waals surface area (Å²) in [4.78, 5) is 12.8. The number of pyridine rings is 1. The fourth-order valence-corrected chi connectivity index (χ4v) is 2.66. The van der Waals surface area contributed by atoms with Gasteiger partial charge in [-0.3, -0.25) is 0 Å². The van der Waals surface area contributed by atoms with Gasteiger partial charge in [-0.05, 0) is 35.1 Å². The van der Waals surface area contributed by atoms with E-state index in [1.807, 2.05) is 6.92 Å². The molecule has 18 heavy (non-hydrogen) atoms. The predicted molar refractivity (Wildman–Crippen MR) is 82.4 cm³/mol. The van der Waals surface area contributed by atoms with Crippen molar-refractivity contribution >= 4 is 57.4 Å². The summed E-state index contributed by atoms with van der Waals surface area (Å²) < 4.78 is 0.852. The molecular weight excluding hydrogens is 407 g/mol. The highest BCUT2D eigenvalue weighted by molar-refractivity contribution is 14.1. The molecular formula is C11H7Cl3IN3. The van der Waals surface area contributed by atoms with Crippen molar-refractivity contribution in [1.82, 2.24) is 15.0 Å². The minimum Gasteiger partial charge on any atom is -0.250 e. The van der Waals surface area contributed by atoms with Crippen LogP contribution in [0.3, 0.4) is 0 Å². The summed E-state index contributed by atoms with van der Waals surface area (Å²) in [6.45, 7) is 2.00. The smallest absolute Gasteiger partial charge is 0.181 e. The molecule has 0 atom stereocenters. The van der Waals surface area contributed by atoms with E-state index in [2.05, 4.69) is 37.5 Å². The Morgan fingerprint density at radius 2 is 1.94 bits per heavy atom. The molecule has 0 bridgehead atoms. The zero-order valence-corrected chi connectivity index (χ0v) is 13.6. The highest BCUT2D eigenvalue weighted by Crippen LogP contribution is 2.28. The number of hydrogen-bond acceptors (Lipinski definition) is 3. The normalized spacial score (nSPS) is 10.7. The molecule has 0 spiro atoms. The third kappa shape index (κ3) is 2.87. The van der Waals surface area contributed by atoms with E-state index >= 15 is 0 Å². The predicted octanol–water partition coefficient (Wildman–Crippen LogP) is 4.67. The van der Waals surface area contributed by atoms with Gasteiger partial charge in [0.05, 0.1) is 19.3 Å². The molecule has 94 valence electrons. The minimum atomic E-state index is 0.404. The summed E-state index contributed by atoms with van der Waals surface area (Å²) in [7, 11) is 0. The molecule has 0 aliphatic rings. The van der Waals surface area contributed by atoms with Crippen LogP contribution in [-0.2, 0) is 6.42 Å². The van der Waals surface area contributed by atoms with Crippen LogP contribution in [0.2, 0.25) is 15.2 Å². The lowest BCUT2D eigenvalue weighted by atomic mass is 10.3. The second kappa shape index (κ2) is 5.86. The van der Waals surface area contributed by atoms with Crippen LogP contribution in [0, 0.1) is 3.57 Å². The van der Waals surface area contributed by atoms with Crippen molar-refractivity contribution in [3.05, 3.63) is 36.7 Å². The molecule has 0 fully saturated rings. The lowest BCUT2D eigenvalue weighted by Gasteiger charge is -2.07. The summed E-state index contributed by atoms with van der Waals surface area (Å²) in [5.41, 5.74) is 1.35. The Hall–Kier alpha value is -0.170. The van der Waals surface area contributed by atoms with Crippen LogP contribution < -0.4 is 0 Å². The van der Waals surface area contributed by atoms with Gasteiger partial charge in [-0.1, -0.05) is 41.7 Å². The van der Waals surface area contributed by atoms with E-state index in [0.29, 0.717) is 26.7 Å². The van der Waals surface area contributed by atoms with Crippen molar-refractivity contribution in [2.75, 3.05) is 0 Å². The van der Waals surface area contributed by atoms with Crippen LogP contribution in [0.25, 0.3) is 11.5 Å². The molecule has 0 aliphatic carbocycles. The summed E-state index contributed by atoms with van der Waals surface area (Å²) in [5.74, 6) is 0.416. The first-order valence-electron chi connectivity index (χ1n) is 5.06. The van der Waals surface area contributed by atoms with Gasteiger partial charge in [-0.15, -0.1) is 0 Å². The molecule has 0 N–H and O–H groups in total. The van der Waals surface area contributed by atoms with E-state index in [-0.39, 0.29) is 0 Å². The topological polar surface area (TPSA) is 38.7 Å². The number of nitrogens with zero attached hydrogens (tertiary/aromatic N) is 3. The van der Waals surface area contributed by atoms with Gasteiger partial charge in [0, 0.05) is 6.20 Å². The maximum atomic E-state index is 6.08. The monoisotopic (exact) mass is 413 g/mol. The van der Waals surface area contributed by atoms with Gasteiger partial charge in [0.15, 0.2) is 5.82 Å². The van der Waals surface area contributed by atoms with E-state index in [1.54, 1.807) is 6.07 Å². The third-order valence-electron chi connectivity index (χ3n) is 2.23. The third-order valence-corrected chi connectivity index (χ3v) is 4.45. The zero-order chi connectivity index (χ0) is 13.3. The second-order valence-corrected chi connectivity index (χ2v) is 5.72. The van der Waals surface area contributed by atoms with Crippen molar-refractivity contribution in [2.45, 2.75) is 13.3 Å². The van der Waals surface area contributed by atoms with Gasteiger partial charge in [0.25, 0.3) is 0 Å². The number of halogens is 4. The Kier molecular flexibility index (Phi) is 4.64. The van der Waals surface area contributed by atoms with E-state index < -0.39 is 0 Å². The van der Waals surface area contributed by atoms with Crippen LogP contribution in [-0.4, -0.2) is 15.0 Å². The SMILES string of the molecule is CCc1nc(-c2ncc(Cl)cc2Cl)nc(Cl)c1I. The first kappa shape index (κ1) is 14.2. The quantitative estimate of drug-likeness (QED) is 0.530. The highest BCUT2D eigenvalue weighted by atomic mass is 127. The molecule has 0 aliphatic heterocycles. The summed E-state index contributed by atoms with van der Waals surface area (Å²) in [5, 5.41) is 1.28. The highest BCUT2D eigenvalue weighted by Gasteiger charge is 2.14. The van der Waals surface area contributed by atoms with Crippen molar-refractivity contribution in [2.24, 2.45) is 0 Å². The average molecular weight is 414 g/mol. The zero-order valence-electron chi connectivity index (χ0n) is 9.22. The first-order valence-corrected chi connectivity index (χ1v) is 7.27. The van der Waals surface area contributed by atoms with E-state index in [1.165, 1.54) is 6.20 Å². The molecule has 2 aromatic rings. The Morgan fingerprint density at radius 3 is 2.56 bits per heavy atom. The van der Waals surface area contributed by atoms with Gasteiger partial charge in [0.2, 0.25) is 0 Å². The number of aryl methyl sites for hydroxylation is 1. The van der Waals surface area contributed by atoms with E-state index in [9.17, 15) is 0 Å². The summed E-state index contributed by atoms with van der Waals surface area (Å²) in [6.07, 6.45) is 2.27. The van der Waals surface area contributed by atoms with E-state index in [0.717, 1.165) is 15.7 Å². The lowest BCUT2D eigenvalue weighted by molar-refractivity contribution is 0.983. The summed E-state index contributed by atoms with van der Waals surface area (Å²) >= 11 is 20.1. The Labute approximate surface area is 133 Å². The van der Waals surface area contributed by atoms with Crippen LogP contribution in [0.5, 0.6) is 0 Å². The van der Waals surface area contributed by atoms with Gasteiger partial charge >= 0.3 is 0 Å². The second-order valence-electron chi connectivity index (χ2n) is 3.44. The first-order chi connectivity index (χ1) is 8.52. The van der Waals surface area contributed by atoms with Gasteiger partial charge < -0.3 is 0 Å². The molecule has 0 saturated heterocycles. The molecule has 0 amide bonds. The Bertz CT molecular complexity index is 604. The Balaban J connectivity index is 2.60. The largest absolute Gasteiger partial charge is 0.250 e. The standard InChI is InChI=1S/C11H7Cl3IN3/c1-2-7-8(15)10(14)18-11(17-7)9-6(13)3-5(12)4-16-9/h3-4H,2H2,1H3. The maximum absolute atomic E-state index is 6.08. The molecule has 0 radical (unpaired) electrons. The molecule has 2 rings (SSSR count). The van der Waals surface area contributed by atoms with Gasteiger partial charge in [-0.2, -0.15) is 0 Å². The Morgan fingerprint density at radius 1 is 1.22 bits per heavy atom. The fraction of sp³-hybridized carbons (Fsp3) is 0.182. The number of aromatic nitrogens is 3. The van der Waals surface area contributed by atoms with Crippen molar-refractivity contribution in [3.8, 4) is 11.5 Å². The van der Waals surface area contributed by atoms with Crippen molar-refractivity contribution < 1.29 is 0 Å². The van der Waals surface area contributed by atoms with Crippen LogP contribution in [0.1, 0.15) is 12.6 Å². The summed E-state index contributed by atoms with van der Waals surface area (Å²) in [6, 6.07) is 1.60. The lowest BCUT2D eigenvalue weighted by Crippen LogP contribution is -2.01. The van der Waals surface area contributed by atoms with Crippen LogP contribution >= 0.6 is 57.4 Å².